The summed E-state index contributed by atoms with van der Waals surface area (Å²) in [6.45, 7) is 2.85. The van der Waals surface area contributed by atoms with Crippen molar-refractivity contribution in [3.05, 3.63) is 34.5 Å². The van der Waals surface area contributed by atoms with Gasteiger partial charge in [0.25, 0.3) is 5.91 Å². The van der Waals surface area contributed by atoms with E-state index in [2.05, 4.69) is 11.4 Å². The minimum absolute atomic E-state index is 0.143. The molecule has 5 nitrogen and oxygen atoms in total. The molecule has 0 unspecified atom stereocenters. The molecule has 2 aromatic rings. The van der Waals surface area contributed by atoms with Gasteiger partial charge in [-0.2, -0.15) is 5.26 Å². The Morgan fingerprint density at radius 2 is 2.20 bits per heavy atom. The van der Waals surface area contributed by atoms with Gasteiger partial charge < -0.3 is 10.1 Å². The van der Waals surface area contributed by atoms with Crippen molar-refractivity contribution >= 4 is 33.3 Å². The van der Waals surface area contributed by atoms with Crippen molar-refractivity contribution in [2.75, 3.05) is 6.61 Å². The molecular weight excluding hydrogens is 343 g/mol. The number of fused-ring (bicyclic) bond motifs is 1. The van der Waals surface area contributed by atoms with Gasteiger partial charge in [-0.05, 0) is 50.3 Å². The van der Waals surface area contributed by atoms with Crippen LogP contribution in [0.3, 0.4) is 0 Å². The van der Waals surface area contributed by atoms with Crippen LogP contribution in [0.2, 0.25) is 0 Å². The second-order valence-electron chi connectivity index (χ2n) is 6.38. The lowest BCUT2D eigenvalue weighted by Crippen LogP contribution is -2.48. The van der Waals surface area contributed by atoms with E-state index in [1.165, 1.54) is 6.07 Å². The largest absolute Gasteiger partial charge is 0.451 e. The molecule has 1 aliphatic rings. The third-order valence-corrected chi connectivity index (χ3v) is 5.69. The Balaban J connectivity index is 1.67. The van der Waals surface area contributed by atoms with Crippen molar-refractivity contribution in [1.29, 1.82) is 5.26 Å². The quantitative estimate of drug-likeness (QED) is 0.830. The summed E-state index contributed by atoms with van der Waals surface area (Å²) in [6, 6.07) is 6.76. The summed E-state index contributed by atoms with van der Waals surface area (Å²) in [4.78, 5) is 24.5. The molecule has 1 saturated carbocycles. The van der Waals surface area contributed by atoms with Gasteiger partial charge in [0, 0.05) is 10.1 Å². The fourth-order valence-electron chi connectivity index (χ4n) is 2.85. The van der Waals surface area contributed by atoms with E-state index in [4.69, 9.17) is 4.74 Å². The Hall–Kier alpha value is -2.46. The maximum Gasteiger partial charge on any atom is 0.349 e. The number of esters is 1. The smallest absolute Gasteiger partial charge is 0.349 e. The Morgan fingerprint density at radius 1 is 1.48 bits per heavy atom. The standard InChI is InChI=1S/C18H17FN2O3S/c1-10-15-12(19)4-3-5-13(15)25-16(10)17(23)24-8-14(22)21-18(2,9-20)11-6-7-11/h3-5,11H,6-8H2,1-2H3,(H,21,22)/t18-/m1/s1. The maximum atomic E-state index is 13.9. The lowest BCUT2D eigenvalue weighted by atomic mass is 9.98. The number of halogens is 1. The highest BCUT2D eigenvalue weighted by Gasteiger charge is 2.43. The van der Waals surface area contributed by atoms with E-state index in [0.717, 1.165) is 24.2 Å². The first-order valence-electron chi connectivity index (χ1n) is 7.92. The first-order chi connectivity index (χ1) is 11.9. The molecule has 1 atom stereocenters. The van der Waals surface area contributed by atoms with E-state index in [1.54, 1.807) is 26.0 Å². The number of carbonyl (C=O) groups is 2. The summed E-state index contributed by atoms with van der Waals surface area (Å²) in [5.74, 6) is -1.44. The SMILES string of the molecule is Cc1c(C(=O)OCC(=O)N[C@](C)(C#N)C2CC2)sc2cccc(F)c12. The number of thiophene rings is 1. The monoisotopic (exact) mass is 360 g/mol. The average Bonchev–Trinajstić information content (AvgIpc) is 3.38. The van der Waals surface area contributed by atoms with Crippen LogP contribution >= 0.6 is 11.3 Å². The number of hydrogen-bond donors (Lipinski definition) is 1. The van der Waals surface area contributed by atoms with Crippen LogP contribution in [0, 0.1) is 30.0 Å². The minimum Gasteiger partial charge on any atom is -0.451 e. The molecule has 1 aromatic carbocycles. The molecule has 0 spiro atoms. The number of benzene rings is 1. The molecule has 0 aliphatic heterocycles. The van der Waals surface area contributed by atoms with Gasteiger partial charge in [0.1, 0.15) is 16.2 Å². The number of nitriles is 1. The predicted octanol–water partition coefficient (Wildman–Crippen LogP) is 3.31. The Bertz CT molecular complexity index is 898. The van der Waals surface area contributed by atoms with Crippen molar-refractivity contribution in [3.8, 4) is 6.07 Å². The Kier molecular flexibility index (Phi) is 4.48. The fourth-order valence-corrected chi connectivity index (χ4v) is 3.97. The first kappa shape index (κ1) is 17.4. The van der Waals surface area contributed by atoms with Gasteiger partial charge in [-0.15, -0.1) is 11.3 Å². The molecule has 1 N–H and O–H groups in total. The number of rotatable bonds is 5. The predicted molar refractivity (Wildman–Crippen MR) is 91.7 cm³/mol. The molecule has 0 radical (unpaired) electrons. The third kappa shape index (κ3) is 3.35. The second-order valence-corrected chi connectivity index (χ2v) is 7.43. The van der Waals surface area contributed by atoms with E-state index in [-0.39, 0.29) is 10.8 Å². The molecule has 3 rings (SSSR count). The van der Waals surface area contributed by atoms with E-state index in [9.17, 15) is 19.2 Å². The van der Waals surface area contributed by atoms with Gasteiger partial charge in [-0.1, -0.05) is 6.07 Å². The molecule has 1 aliphatic carbocycles. The number of hydrogen-bond acceptors (Lipinski definition) is 5. The number of ether oxygens (including phenoxy) is 1. The van der Waals surface area contributed by atoms with E-state index >= 15 is 0 Å². The highest BCUT2D eigenvalue weighted by Crippen LogP contribution is 2.39. The van der Waals surface area contributed by atoms with Gasteiger partial charge in [0.2, 0.25) is 0 Å². The van der Waals surface area contributed by atoms with Gasteiger partial charge >= 0.3 is 5.97 Å². The van der Waals surface area contributed by atoms with Crippen molar-refractivity contribution in [2.45, 2.75) is 32.2 Å². The van der Waals surface area contributed by atoms with Gasteiger partial charge in [-0.3, -0.25) is 4.79 Å². The summed E-state index contributed by atoms with van der Waals surface area (Å²) in [6.07, 6.45) is 1.80. The van der Waals surface area contributed by atoms with Crippen LogP contribution < -0.4 is 5.32 Å². The van der Waals surface area contributed by atoms with Crippen LogP contribution in [0.4, 0.5) is 4.39 Å². The highest BCUT2D eigenvalue weighted by atomic mass is 32.1. The van der Waals surface area contributed by atoms with Crippen molar-refractivity contribution in [1.82, 2.24) is 5.32 Å². The van der Waals surface area contributed by atoms with Crippen molar-refractivity contribution in [3.63, 3.8) is 0 Å². The van der Waals surface area contributed by atoms with Crippen LogP contribution in [0.5, 0.6) is 0 Å². The van der Waals surface area contributed by atoms with Crippen LogP contribution in [-0.2, 0) is 9.53 Å². The molecule has 0 bridgehead atoms. The zero-order valence-corrected chi connectivity index (χ0v) is 14.7. The second kappa shape index (κ2) is 6.45. The van der Waals surface area contributed by atoms with Gasteiger partial charge in [0.15, 0.2) is 6.61 Å². The van der Waals surface area contributed by atoms with E-state index < -0.39 is 29.8 Å². The number of nitrogens with one attached hydrogen (secondary N) is 1. The summed E-state index contributed by atoms with van der Waals surface area (Å²) >= 11 is 1.13. The topological polar surface area (TPSA) is 79.2 Å². The normalized spacial score (nSPS) is 16.1. The minimum atomic E-state index is -0.930. The highest BCUT2D eigenvalue weighted by molar-refractivity contribution is 7.21. The molecular formula is C18H17FN2O3S. The fraction of sp³-hybridized carbons (Fsp3) is 0.389. The van der Waals surface area contributed by atoms with Crippen LogP contribution in [0.15, 0.2) is 18.2 Å². The lowest BCUT2D eigenvalue weighted by molar-refractivity contribution is -0.125. The summed E-state index contributed by atoms with van der Waals surface area (Å²) in [5, 5.41) is 12.3. The number of aryl methyl sites for hydroxylation is 1. The van der Waals surface area contributed by atoms with Crippen LogP contribution in [-0.4, -0.2) is 24.0 Å². The van der Waals surface area contributed by atoms with Gasteiger partial charge in [-0.25, -0.2) is 9.18 Å². The summed E-state index contributed by atoms with van der Waals surface area (Å²) < 4.78 is 19.6. The molecule has 1 heterocycles. The van der Waals surface area contributed by atoms with Crippen molar-refractivity contribution in [2.24, 2.45) is 5.92 Å². The molecule has 25 heavy (non-hydrogen) atoms. The van der Waals surface area contributed by atoms with Crippen molar-refractivity contribution < 1.29 is 18.7 Å². The number of nitrogens with zero attached hydrogens (tertiary/aromatic N) is 1. The molecule has 7 heteroatoms. The summed E-state index contributed by atoms with van der Waals surface area (Å²) in [5.41, 5.74) is -0.427. The lowest BCUT2D eigenvalue weighted by Gasteiger charge is -2.22. The van der Waals surface area contributed by atoms with Crippen LogP contribution in [0.1, 0.15) is 35.0 Å². The van der Waals surface area contributed by atoms with E-state index in [0.29, 0.717) is 15.6 Å². The third-order valence-electron chi connectivity index (χ3n) is 4.45. The van der Waals surface area contributed by atoms with E-state index in [1.807, 2.05) is 0 Å². The van der Waals surface area contributed by atoms with Crippen LogP contribution in [0.25, 0.3) is 10.1 Å². The zero-order chi connectivity index (χ0) is 18.2. The number of amides is 1. The Morgan fingerprint density at radius 3 is 2.80 bits per heavy atom. The molecule has 1 fully saturated rings. The maximum absolute atomic E-state index is 13.9. The Labute approximate surface area is 148 Å². The van der Waals surface area contributed by atoms with Gasteiger partial charge in [0.05, 0.1) is 6.07 Å². The number of carbonyl (C=O) groups excluding carboxylic acids is 2. The molecule has 0 saturated heterocycles. The molecule has 1 amide bonds. The first-order valence-corrected chi connectivity index (χ1v) is 8.74. The zero-order valence-electron chi connectivity index (χ0n) is 13.9. The summed E-state index contributed by atoms with van der Waals surface area (Å²) in [7, 11) is 0. The molecule has 130 valence electrons. The molecule has 1 aromatic heterocycles. The average molecular weight is 360 g/mol.